The van der Waals surface area contributed by atoms with E-state index in [-0.39, 0.29) is 5.66 Å². The van der Waals surface area contributed by atoms with Crippen molar-refractivity contribution in [2.75, 3.05) is 18.0 Å². The highest BCUT2D eigenvalue weighted by Crippen LogP contribution is 2.54. The van der Waals surface area contributed by atoms with Gasteiger partial charge in [0.1, 0.15) is 11.9 Å². The van der Waals surface area contributed by atoms with Crippen LogP contribution >= 0.6 is 0 Å². The summed E-state index contributed by atoms with van der Waals surface area (Å²) in [7, 11) is 0. The molecule has 3 aliphatic rings. The molecule has 192 valence electrons. The highest BCUT2D eigenvalue weighted by molar-refractivity contribution is 5.86. The Hall–Kier alpha value is -2.95. The molecule has 2 atom stereocenters. The van der Waals surface area contributed by atoms with E-state index in [0.717, 1.165) is 37.8 Å². The van der Waals surface area contributed by atoms with Gasteiger partial charge in [-0.25, -0.2) is 0 Å². The first-order chi connectivity index (χ1) is 18.2. The lowest BCUT2D eigenvalue weighted by atomic mass is 9.95. The van der Waals surface area contributed by atoms with Gasteiger partial charge in [0.25, 0.3) is 0 Å². The van der Waals surface area contributed by atoms with Crippen molar-refractivity contribution >= 4 is 17.7 Å². The number of carbonyl (C=O) groups is 1. The highest BCUT2D eigenvalue weighted by atomic mass is 16.1. The topological polar surface area (TPSA) is 44.4 Å². The van der Waals surface area contributed by atoms with Crippen LogP contribution in [-0.2, 0) is 5.66 Å². The average Bonchev–Trinajstić information content (AvgIpc) is 3.60. The van der Waals surface area contributed by atoms with Gasteiger partial charge >= 0.3 is 0 Å². The van der Waals surface area contributed by atoms with Crippen LogP contribution < -0.4 is 15.5 Å². The lowest BCUT2D eigenvalue weighted by Gasteiger charge is -2.35. The maximum Gasteiger partial charge on any atom is 0.150 e. The van der Waals surface area contributed by atoms with Gasteiger partial charge in [-0.2, -0.15) is 0 Å². The van der Waals surface area contributed by atoms with E-state index in [0.29, 0.717) is 12.0 Å². The summed E-state index contributed by atoms with van der Waals surface area (Å²) in [6.45, 7) is 6.47. The molecule has 0 bridgehead atoms. The Labute approximate surface area is 221 Å². The minimum Gasteiger partial charge on any atom is -0.337 e. The fraction of sp³-hybridized carbons (Fsp3) is 0.424. The van der Waals surface area contributed by atoms with Crippen LogP contribution in [0, 0.1) is 0 Å². The molecule has 1 aliphatic heterocycles. The maximum absolute atomic E-state index is 11.5. The monoisotopic (exact) mass is 493 g/mol. The Morgan fingerprint density at radius 2 is 1.65 bits per heavy atom. The van der Waals surface area contributed by atoms with Crippen molar-refractivity contribution in [2.24, 2.45) is 0 Å². The Morgan fingerprint density at radius 1 is 0.892 bits per heavy atom. The lowest BCUT2D eigenvalue weighted by molar-refractivity contribution is 0.112. The molecule has 2 N–H and O–H groups in total. The third-order valence-electron chi connectivity index (χ3n) is 8.81. The smallest absolute Gasteiger partial charge is 0.150 e. The summed E-state index contributed by atoms with van der Waals surface area (Å²) in [6.07, 6.45) is 9.29. The molecule has 37 heavy (non-hydrogen) atoms. The summed E-state index contributed by atoms with van der Waals surface area (Å²) in [5, 5.41) is 7.93. The van der Waals surface area contributed by atoms with Gasteiger partial charge in [-0.05, 0) is 96.9 Å². The summed E-state index contributed by atoms with van der Waals surface area (Å²) in [4.78, 5) is 14.1. The molecule has 4 heteroatoms. The normalized spacial score (nSPS) is 20.4. The number of nitrogens with zero attached hydrogens (tertiary/aromatic N) is 1. The van der Waals surface area contributed by atoms with E-state index in [2.05, 4.69) is 84.0 Å². The van der Waals surface area contributed by atoms with Gasteiger partial charge in [-0.1, -0.05) is 63.4 Å². The minimum absolute atomic E-state index is 0.355. The summed E-state index contributed by atoms with van der Waals surface area (Å²) >= 11 is 0. The van der Waals surface area contributed by atoms with Crippen LogP contribution in [0.15, 0.2) is 60.7 Å². The van der Waals surface area contributed by atoms with Gasteiger partial charge in [0.15, 0.2) is 0 Å². The van der Waals surface area contributed by atoms with Gasteiger partial charge in [0, 0.05) is 28.9 Å². The van der Waals surface area contributed by atoms with Crippen molar-refractivity contribution in [2.45, 2.75) is 76.4 Å². The first-order valence-electron chi connectivity index (χ1n) is 14.3. The quantitative estimate of drug-likeness (QED) is 0.177. The number of rotatable bonds is 10. The van der Waals surface area contributed by atoms with E-state index >= 15 is 0 Å². The molecule has 0 aromatic heterocycles. The maximum atomic E-state index is 11.5. The highest BCUT2D eigenvalue weighted by Gasteiger charge is 2.45. The second-order valence-electron chi connectivity index (χ2n) is 11.0. The molecule has 3 aromatic rings. The fourth-order valence-electron chi connectivity index (χ4n) is 7.05. The van der Waals surface area contributed by atoms with Gasteiger partial charge in [-0.15, -0.1) is 0 Å². The Balaban J connectivity index is 1.46. The van der Waals surface area contributed by atoms with Crippen LogP contribution in [0.1, 0.15) is 91.8 Å². The summed E-state index contributed by atoms with van der Waals surface area (Å²) in [5.74, 6) is 0.515. The van der Waals surface area contributed by atoms with E-state index in [1.54, 1.807) is 0 Å². The lowest BCUT2D eigenvalue weighted by Crippen LogP contribution is -2.54. The first-order valence-corrected chi connectivity index (χ1v) is 14.3. The van der Waals surface area contributed by atoms with Crippen molar-refractivity contribution in [1.82, 2.24) is 10.6 Å². The number of fused-ring (bicyclic) bond motifs is 6. The largest absolute Gasteiger partial charge is 0.337 e. The number of aldehydes is 1. The molecule has 2 aliphatic carbocycles. The zero-order valence-corrected chi connectivity index (χ0v) is 22.2. The number of unbranched alkanes of at least 4 members (excludes halogenated alkanes) is 2. The summed E-state index contributed by atoms with van der Waals surface area (Å²) < 4.78 is 0. The van der Waals surface area contributed by atoms with Crippen LogP contribution in [0.25, 0.3) is 11.1 Å². The molecule has 2 unspecified atom stereocenters. The molecule has 4 nitrogen and oxygen atoms in total. The van der Waals surface area contributed by atoms with Crippen molar-refractivity contribution in [3.05, 3.63) is 82.9 Å². The molecule has 1 fully saturated rings. The van der Waals surface area contributed by atoms with Crippen LogP contribution in [0.5, 0.6) is 0 Å². The third kappa shape index (κ3) is 3.93. The molecule has 3 aromatic carbocycles. The van der Waals surface area contributed by atoms with Crippen LogP contribution in [0.3, 0.4) is 0 Å². The molecule has 1 saturated carbocycles. The Morgan fingerprint density at radius 3 is 2.41 bits per heavy atom. The van der Waals surface area contributed by atoms with E-state index in [1.807, 2.05) is 6.07 Å². The molecule has 1 heterocycles. The van der Waals surface area contributed by atoms with Crippen molar-refractivity contribution in [3.63, 3.8) is 0 Å². The van der Waals surface area contributed by atoms with Crippen LogP contribution in [-0.4, -0.2) is 25.4 Å². The molecular formula is C33H39N3O. The predicted octanol–water partition coefficient (Wildman–Crippen LogP) is 7.25. The second kappa shape index (κ2) is 10.1. The number of carbonyl (C=O) groups excluding carboxylic acids is 1. The number of anilines is 2. The fourth-order valence-corrected chi connectivity index (χ4v) is 7.05. The molecule has 6 rings (SSSR count). The number of benzene rings is 3. The zero-order chi connectivity index (χ0) is 25.4. The number of hydrogen-bond donors (Lipinski definition) is 2. The first kappa shape index (κ1) is 24.4. The van der Waals surface area contributed by atoms with E-state index in [9.17, 15) is 4.79 Å². The van der Waals surface area contributed by atoms with Gasteiger partial charge in [0.05, 0.1) is 0 Å². The SMILES string of the molecule is CCCCNC1(NCCCC)c2ccccc2-c2cc(N3c4ccc(C=O)cc4C4CCCC43)ccc21. The average molecular weight is 494 g/mol. The van der Waals surface area contributed by atoms with E-state index < -0.39 is 0 Å². The Kier molecular flexibility index (Phi) is 6.64. The zero-order valence-electron chi connectivity index (χ0n) is 22.2. The molecule has 0 saturated heterocycles. The standard InChI is InChI=1S/C33H39N3O/c1-3-5-18-34-33(35-19-6-4-2)29-12-8-7-10-25(29)27-21-24(15-16-30(27)33)36-31-13-9-11-26(31)28-20-23(22-37)14-17-32(28)36/h7-8,10,12,14-17,20-22,26,31,34-35H,3-6,9,11,13,18-19H2,1-2H3. The van der Waals surface area contributed by atoms with Crippen molar-refractivity contribution in [3.8, 4) is 11.1 Å². The number of hydrogen-bond acceptors (Lipinski definition) is 4. The van der Waals surface area contributed by atoms with Gasteiger partial charge < -0.3 is 4.90 Å². The predicted molar refractivity (Wildman–Crippen MR) is 153 cm³/mol. The van der Waals surface area contributed by atoms with Gasteiger partial charge in [0.2, 0.25) is 0 Å². The Bertz CT molecular complexity index is 1290. The van der Waals surface area contributed by atoms with E-state index in [1.165, 1.54) is 71.3 Å². The third-order valence-corrected chi connectivity index (χ3v) is 8.81. The summed E-state index contributed by atoms with van der Waals surface area (Å²) in [6, 6.07) is 22.8. The molecule has 0 amide bonds. The summed E-state index contributed by atoms with van der Waals surface area (Å²) in [5.41, 5.74) is 9.65. The van der Waals surface area contributed by atoms with E-state index in [4.69, 9.17) is 0 Å². The van der Waals surface area contributed by atoms with Crippen molar-refractivity contribution < 1.29 is 4.79 Å². The molecule has 0 spiro atoms. The minimum atomic E-state index is -0.355. The second-order valence-corrected chi connectivity index (χ2v) is 11.0. The van der Waals surface area contributed by atoms with Crippen LogP contribution in [0.2, 0.25) is 0 Å². The van der Waals surface area contributed by atoms with Crippen LogP contribution in [0.4, 0.5) is 11.4 Å². The molecular weight excluding hydrogens is 454 g/mol. The van der Waals surface area contributed by atoms with Crippen molar-refractivity contribution in [1.29, 1.82) is 0 Å². The van der Waals surface area contributed by atoms with Gasteiger partial charge in [-0.3, -0.25) is 15.4 Å². The number of nitrogens with one attached hydrogen (secondary N) is 2. The molecule has 0 radical (unpaired) electrons.